The SMILES string of the molecule is Cl.Cl.FC(F)(F)C[C@@H](c1ccccc1Cl)N1CCNCC1. The van der Waals surface area contributed by atoms with E-state index in [9.17, 15) is 13.2 Å². The van der Waals surface area contributed by atoms with Crippen molar-refractivity contribution in [1.29, 1.82) is 0 Å². The summed E-state index contributed by atoms with van der Waals surface area (Å²) in [7, 11) is 0. The smallest absolute Gasteiger partial charge is 0.314 e. The van der Waals surface area contributed by atoms with Crippen LogP contribution in [0.15, 0.2) is 24.3 Å². The molecule has 1 fully saturated rings. The Hall–Kier alpha value is -0.200. The molecule has 1 heterocycles. The van der Waals surface area contributed by atoms with Gasteiger partial charge in [-0.05, 0) is 11.6 Å². The summed E-state index contributed by atoms with van der Waals surface area (Å²) in [5.74, 6) is 0. The lowest BCUT2D eigenvalue weighted by atomic mass is 10.0. The maximum Gasteiger partial charge on any atom is 0.390 e. The summed E-state index contributed by atoms with van der Waals surface area (Å²) in [6.07, 6.45) is -5.06. The van der Waals surface area contributed by atoms with E-state index in [0.29, 0.717) is 36.8 Å². The van der Waals surface area contributed by atoms with Gasteiger partial charge in [0.25, 0.3) is 0 Å². The van der Waals surface area contributed by atoms with Crippen molar-refractivity contribution in [2.45, 2.75) is 18.6 Å². The highest BCUT2D eigenvalue weighted by molar-refractivity contribution is 6.31. The first-order chi connectivity index (χ1) is 8.97. The predicted octanol–water partition coefficient (Wildman–Crippen LogP) is 4.08. The van der Waals surface area contributed by atoms with Gasteiger partial charge in [0.15, 0.2) is 0 Å². The van der Waals surface area contributed by atoms with Crippen molar-refractivity contribution in [3.8, 4) is 0 Å². The summed E-state index contributed by atoms with van der Waals surface area (Å²) >= 11 is 6.06. The number of halogens is 6. The average Bonchev–Trinajstić information content (AvgIpc) is 2.37. The second-order valence-corrected chi connectivity index (χ2v) is 5.05. The van der Waals surface area contributed by atoms with Gasteiger partial charge in [-0.2, -0.15) is 13.2 Å². The van der Waals surface area contributed by atoms with Crippen LogP contribution < -0.4 is 5.32 Å². The molecule has 0 unspecified atom stereocenters. The van der Waals surface area contributed by atoms with Gasteiger partial charge in [-0.1, -0.05) is 29.8 Å². The third-order valence-corrected chi connectivity index (χ3v) is 3.63. The lowest BCUT2D eigenvalue weighted by molar-refractivity contribution is -0.148. The van der Waals surface area contributed by atoms with E-state index in [4.69, 9.17) is 11.6 Å². The van der Waals surface area contributed by atoms with Gasteiger partial charge in [-0.3, -0.25) is 4.90 Å². The number of nitrogens with one attached hydrogen (secondary N) is 1. The summed E-state index contributed by atoms with van der Waals surface area (Å²) < 4.78 is 38.4. The van der Waals surface area contributed by atoms with Gasteiger partial charge < -0.3 is 5.32 Å². The highest BCUT2D eigenvalue weighted by Gasteiger charge is 2.36. The number of benzene rings is 1. The van der Waals surface area contributed by atoms with E-state index >= 15 is 0 Å². The Labute approximate surface area is 139 Å². The molecule has 1 aliphatic rings. The molecule has 1 saturated heterocycles. The first kappa shape index (κ1) is 20.8. The average molecular weight is 366 g/mol. The molecule has 0 spiro atoms. The van der Waals surface area contributed by atoms with Crippen molar-refractivity contribution >= 4 is 36.4 Å². The molecule has 8 heteroatoms. The third-order valence-electron chi connectivity index (χ3n) is 3.28. The molecular weight excluding hydrogens is 348 g/mol. The van der Waals surface area contributed by atoms with Gasteiger partial charge in [-0.15, -0.1) is 24.8 Å². The molecular formula is C13H18Cl3F3N2. The largest absolute Gasteiger partial charge is 0.390 e. The normalized spacial score (nSPS) is 17.5. The standard InChI is InChI=1S/C13H16ClF3N2.2ClH/c14-11-4-2-1-3-10(11)12(9-13(15,16)17)19-7-5-18-6-8-19;;/h1-4,12,18H,5-9H2;2*1H/t12-;;/m0../s1. The molecule has 0 radical (unpaired) electrons. The number of nitrogens with zero attached hydrogens (tertiary/aromatic N) is 1. The quantitative estimate of drug-likeness (QED) is 0.868. The first-order valence-electron chi connectivity index (χ1n) is 6.23. The van der Waals surface area contributed by atoms with E-state index in [1.807, 2.05) is 4.90 Å². The number of rotatable bonds is 3. The maximum atomic E-state index is 12.8. The molecule has 1 aliphatic heterocycles. The molecule has 1 atom stereocenters. The van der Waals surface area contributed by atoms with Crippen molar-refractivity contribution in [1.82, 2.24) is 10.2 Å². The molecule has 2 nitrogen and oxygen atoms in total. The van der Waals surface area contributed by atoms with Crippen LogP contribution in [-0.2, 0) is 0 Å². The minimum Gasteiger partial charge on any atom is -0.314 e. The summed E-state index contributed by atoms with van der Waals surface area (Å²) in [5.41, 5.74) is 0.559. The van der Waals surface area contributed by atoms with E-state index in [-0.39, 0.29) is 24.8 Å². The van der Waals surface area contributed by atoms with Crippen LogP contribution in [-0.4, -0.2) is 37.3 Å². The molecule has 0 bridgehead atoms. The van der Waals surface area contributed by atoms with Gasteiger partial charge in [0.1, 0.15) is 0 Å². The Morgan fingerprint density at radius 2 is 1.71 bits per heavy atom. The number of piperazine rings is 1. The second kappa shape index (κ2) is 9.06. The van der Waals surface area contributed by atoms with Crippen LogP contribution >= 0.6 is 36.4 Å². The maximum absolute atomic E-state index is 12.8. The highest BCUT2D eigenvalue weighted by atomic mass is 35.5. The predicted molar refractivity (Wildman–Crippen MR) is 83.8 cm³/mol. The van der Waals surface area contributed by atoms with Gasteiger partial charge in [0.2, 0.25) is 0 Å². The molecule has 1 aromatic carbocycles. The first-order valence-corrected chi connectivity index (χ1v) is 6.61. The lowest BCUT2D eigenvalue weighted by Crippen LogP contribution is -2.46. The molecule has 21 heavy (non-hydrogen) atoms. The van der Waals surface area contributed by atoms with Crippen LogP contribution in [0.3, 0.4) is 0 Å². The number of hydrogen-bond acceptors (Lipinski definition) is 2. The third kappa shape index (κ3) is 6.20. The van der Waals surface area contributed by atoms with Crippen molar-refractivity contribution in [2.24, 2.45) is 0 Å². The molecule has 1 aromatic rings. The monoisotopic (exact) mass is 364 g/mol. The van der Waals surface area contributed by atoms with Crippen LogP contribution in [0, 0.1) is 0 Å². The minimum atomic E-state index is -4.20. The van der Waals surface area contributed by atoms with Gasteiger partial charge >= 0.3 is 6.18 Å². The van der Waals surface area contributed by atoms with Crippen LogP contribution in [0.5, 0.6) is 0 Å². The Balaban J connectivity index is 0.00000200. The highest BCUT2D eigenvalue weighted by Crippen LogP contribution is 2.36. The molecule has 0 aromatic heterocycles. The Morgan fingerprint density at radius 3 is 2.24 bits per heavy atom. The Kier molecular flexibility index (Phi) is 8.97. The Bertz CT molecular complexity index is 423. The topological polar surface area (TPSA) is 15.3 Å². The van der Waals surface area contributed by atoms with Crippen molar-refractivity contribution in [3.63, 3.8) is 0 Å². The minimum absolute atomic E-state index is 0. The van der Waals surface area contributed by atoms with Crippen LogP contribution in [0.2, 0.25) is 5.02 Å². The van der Waals surface area contributed by atoms with E-state index in [0.717, 1.165) is 0 Å². The molecule has 122 valence electrons. The van der Waals surface area contributed by atoms with Crippen molar-refractivity contribution in [2.75, 3.05) is 26.2 Å². The molecule has 0 amide bonds. The lowest BCUT2D eigenvalue weighted by Gasteiger charge is -2.36. The molecule has 0 saturated carbocycles. The zero-order valence-electron chi connectivity index (χ0n) is 11.2. The number of alkyl halides is 3. The van der Waals surface area contributed by atoms with E-state index in [2.05, 4.69) is 5.32 Å². The summed E-state index contributed by atoms with van der Waals surface area (Å²) in [4.78, 5) is 1.85. The fourth-order valence-electron chi connectivity index (χ4n) is 2.39. The zero-order valence-corrected chi connectivity index (χ0v) is 13.6. The van der Waals surface area contributed by atoms with E-state index in [1.165, 1.54) is 0 Å². The number of hydrogen-bond donors (Lipinski definition) is 1. The molecule has 2 rings (SSSR count). The van der Waals surface area contributed by atoms with E-state index in [1.54, 1.807) is 24.3 Å². The molecule has 1 N–H and O–H groups in total. The van der Waals surface area contributed by atoms with Gasteiger partial charge in [0.05, 0.1) is 6.42 Å². The Morgan fingerprint density at radius 1 is 1.14 bits per heavy atom. The molecule has 0 aliphatic carbocycles. The van der Waals surface area contributed by atoms with Crippen molar-refractivity contribution in [3.05, 3.63) is 34.9 Å². The van der Waals surface area contributed by atoms with Crippen LogP contribution in [0.4, 0.5) is 13.2 Å². The van der Waals surface area contributed by atoms with Crippen molar-refractivity contribution < 1.29 is 13.2 Å². The second-order valence-electron chi connectivity index (χ2n) is 4.64. The fraction of sp³-hybridized carbons (Fsp3) is 0.538. The van der Waals surface area contributed by atoms with E-state index < -0.39 is 18.6 Å². The zero-order chi connectivity index (χ0) is 13.9. The van der Waals surface area contributed by atoms with Crippen LogP contribution in [0.25, 0.3) is 0 Å². The summed E-state index contributed by atoms with van der Waals surface area (Å²) in [6, 6.07) is 6.08. The van der Waals surface area contributed by atoms with Crippen LogP contribution in [0.1, 0.15) is 18.0 Å². The fourth-order valence-corrected chi connectivity index (χ4v) is 2.66. The van der Waals surface area contributed by atoms with Gasteiger partial charge in [0, 0.05) is 37.2 Å². The van der Waals surface area contributed by atoms with Gasteiger partial charge in [-0.25, -0.2) is 0 Å². The summed E-state index contributed by atoms with van der Waals surface area (Å²) in [5, 5.41) is 3.54. The summed E-state index contributed by atoms with van der Waals surface area (Å²) in [6.45, 7) is 2.62.